The van der Waals surface area contributed by atoms with Crippen LogP contribution in [0.2, 0.25) is 5.28 Å². The lowest BCUT2D eigenvalue weighted by Gasteiger charge is -2.21. The molecule has 1 saturated carbocycles. The Morgan fingerprint density at radius 3 is 2.86 bits per heavy atom. The van der Waals surface area contributed by atoms with Crippen molar-refractivity contribution < 1.29 is 9.18 Å². The maximum absolute atomic E-state index is 14.0. The van der Waals surface area contributed by atoms with Gasteiger partial charge in [-0.1, -0.05) is 0 Å². The van der Waals surface area contributed by atoms with Gasteiger partial charge in [0.2, 0.25) is 5.28 Å². The summed E-state index contributed by atoms with van der Waals surface area (Å²) in [6.07, 6.45) is 5.52. The molecule has 0 aromatic carbocycles. The molecule has 144 valence electrons. The van der Waals surface area contributed by atoms with E-state index in [1.807, 2.05) is 15.5 Å². The van der Waals surface area contributed by atoms with E-state index in [4.69, 9.17) is 17.3 Å². The molecule has 3 aromatic rings. The Morgan fingerprint density at radius 1 is 1.32 bits per heavy atom. The lowest BCUT2D eigenvalue weighted by molar-refractivity contribution is 0.0991. The van der Waals surface area contributed by atoms with E-state index in [9.17, 15) is 9.18 Å². The van der Waals surface area contributed by atoms with E-state index in [1.165, 1.54) is 0 Å². The van der Waals surface area contributed by atoms with Crippen molar-refractivity contribution in [2.75, 3.05) is 18.0 Å². The first-order chi connectivity index (χ1) is 13.5. The summed E-state index contributed by atoms with van der Waals surface area (Å²) < 4.78 is 16.0. The molecule has 9 heteroatoms. The van der Waals surface area contributed by atoms with Gasteiger partial charge in [-0.15, -0.1) is 0 Å². The number of aryl methyl sites for hydroxylation is 1. The number of primary amides is 1. The normalized spacial score (nSPS) is 23.2. The maximum Gasteiger partial charge on any atom is 0.265 e. The fourth-order valence-corrected chi connectivity index (χ4v) is 4.77. The van der Waals surface area contributed by atoms with Crippen molar-refractivity contribution in [3.63, 3.8) is 0 Å². The number of carbonyl (C=O) groups excluding carboxylic acids is 1. The van der Waals surface area contributed by atoms with Crippen LogP contribution < -0.4 is 10.6 Å². The monoisotopic (exact) mass is 400 g/mol. The van der Waals surface area contributed by atoms with Crippen molar-refractivity contribution in [1.29, 1.82) is 0 Å². The van der Waals surface area contributed by atoms with E-state index >= 15 is 0 Å². The average molecular weight is 401 g/mol. The van der Waals surface area contributed by atoms with Gasteiger partial charge in [0.05, 0.1) is 11.7 Å². The quantitative estimate of drug-likeness (QED) is 0.664. The summed E-state index contributed by atoms with van der Waals surface area (Å²) in [5, 5.41) is 0.969. The predicted octanol–water partition coefficient (Wildman–Crippen LogP) is 2.49. The Bertz CT molecular complexity index is 1070. The molecule has 1 aliphatic heterocycles. The van der Waals surface area contributed by atoms with E-state index in [2.05, 4.69) is 15.0 Å². The van der Waals surface area contributed by atoms with E-state index in [0.29, 0.717) is 23.4 Å². The molecule has 2 unspecified atom stereocenters. The Morgan fingerprint density at radius 2 is 2.11 bits per heavy atom. The number of nitrogens with two attached hydrogens (primary N) is 1. The van der Waals surface area contributed by atoms with Crippen LogP contribution in [0.4, 0.5) is 10.2 Å². The van der Waals surface area contributed by atoms with E-state index in [1.54, 1.807) is 18.5 Å². The first-order valence-corrected chi connectivity index (χ1v) is 9.57. The van der Waals surface area contributed by atoms with Crippen LogP contribution in [0.5, 0.6) is 0 Å². The fourth-order valence-electron chi connectivity index (χ4n) is 4.64. The molecule has 3 aromatic heterocycles. The lowest BCUT2D eigenvalue weighted by Crippen LogP contribution is -2.26. The number of piperidine rings is 1. The van der Waals surface area contributed by atoms with Gasteiger partial charge >= 0.3 is 0 Å². The molecule has 1 saturated heterocycles. The van der Waals surface area contributed by atoms with Crippen molar-refractivity contribution in [2.24, 2.45) is 23.5 Å². The van der Waals surface area contributed by atoms with Crippen LogP contribution in [0.1, 0.15) is 16.9 Å². The molecule has 7 nitrogen and oxygen atoms in total. The lowest BCUT2D eigenvalue weighted by atomic mass is 10.2. The third kappa shape index (κ3) is 2.79. The molecular weight excluding hydrogens is 383 g/mol. The topological polar surface area (TPSA) is 89.9 Å². The molecule has 28 heavy (non-hydrogen) atoms. The van der Waals surface area contributed by atoms with Gasteiger partial charge in [-0.3, -0.25) is 9.78 Å². The number of hydrogen-bond donors (Lipinski definition) is 1. The number of pyridine rings is 1. The number of anilines is 1. The Labute approximate surface area is 165 Å². The van der Waals surface area contributed by atoms with Gasteiger partial charge in [-0.05, 0) is 47.9 Å². The van der Waals surface area contributed by atoms with Crippen molar-refractivity contribution >= 4 is 34.2 Å². The van der Waals surface area contributed by atoms with Gasteiger partial charge in [0.15, 0.2) is 11.6 Å². The van der Waals surface area contributed by atoms with Gasteiger partial charge < -0.3 is 15.2 Å². The Kier molecular flexibility index (Phi) is 3.97. The van der Waals surface area contributed by atoms with Gasteiger partial charge in [-0.25, -0.2) is 9.37 Å². The number of carbonyl (C=O) groups is 1. The molecule has 1 amide bonds. The molecule has 0 radical (unpaired) electrons. The van der Waals surface area contributed by atoms with Gasteiger partial charge in [0, 0.05) is 37.4 Å². The summed E-state index contributed by atoms with van der Waals surface area (Å²) >= 11 is 5.81. The van der Waals surface area contributed by atoms with Gasteiger partial charge in [-0.2, -0.15) is 4.98 Å². The van der Waals surface area contributed by atoms with E-state index in [0.717, 1.165) is 43.2 Å². The highest BCUT2D eigenvalue weighted by molar-refractivity contribution is 6.28. The summed E-state index contributed by atoms with van der Waals surface area (Å²) in [5.41, 5.74) is 7.03. The Balaban J connectivity index is 1.27. The highest BCUT2D eigenvalue weighted by atomic mass is 35.5. The highest BCUT2D eigenvalue weighted by Crippen LogP contribution is 2.54. The second-order valence-corrected chi connectivity index (χ2v) is 7.81. The van der Waals surface area contributed by atoms with E-state index in [-0.39, 0.29) is 11.1 Å². The summed E-state index contributed by atoms with van der Waals surface area (Å²) in [5.74, 6) is 0.972. The van der Waals surface area contributed by atoms with Crippen molar-refractivity contribution in [2.45, 2.75) is 13.0 Å². The van der Waals surface area contributed by atoms with Crippen LogP contribution in [0.25, 0.3) is 10.9 Å². The largest absolute Gasteiger partial charge is 0.364 e. The molecule has 2 atom stereocenters. The minimum atomic E-state index is -0.444. The average Bonchev–Trinajstić information content (AvgIpc) is 3.04. The fraction of sp³-hybridized carbons (Fsp3) is 0.368. The number of aromatic nitrogens is 4. The molecule has 0 bridgehead atoms. The maximum atomic E-state index is 14.0. The third-order valence-corrected chi connectivity index (χ3v) is 6.19. The summed E-state index contributed by atoms with van der Waals surface area (Å²) in [6, 6.07) is 3.70. The van der Waals surface area contributed by atoms with Crippen LogP contribution in [0, 0.1) is 23.6 Å². The zero-order valence-electron chi connectivity index (χ0n) is 14.9. The number of fused-ring (bicyclic) bond motifs is 2. The van der Waals surface area contributed by atoms with Crippen LogP contribution in [-0.4, -0.2) is 38.5 Å². The van der Waals surface area contributed by atoms with Crippen LogP contribution in [0.3, 0.4) is 0 Å². The van der Waals surface area contributed by atoms with Gasteiger partial charge in [0.1, 0.15) is 5.69 Å². The van der Waals surface area contributed by atoms with Crippen molar-refractivity contribution in [1.82, 2.24) is 19.5 Å². The molecule has 2 N–H and O–H groups in total. The van der Waals surface area contributed by atoms with Crippen molar-refractivity contribution in [3.8, 4) is 0 Å². The molecular formula is C19H18ClFN6O. The highest BCUT2D eigenvalue weighted by Gasteiger charge is 2.55. The first kappa shape index (κ1) is 17.4. The number of halogens is 2. The number of rotatable bonds is 5. The number of nitrogens with zero attached hydrogens (tertiary/aromatic N) is 5. The first-order valence-electron chi connectivity index (χ1n) is 9.19. The summed E-state index contributed by atoms with van der Waals surface area (Å²) in [7, 11) is 0. The van der Waals surface area contributed by atoms with E-state index < -0.39 is 11.7 Å². The molecule has 4 heterocycles. The molecule has 5 rings (SSSR count). The molecule has 2 fully saturated rings. The van der Waals surface area contributed by atoms with Crippen LogP contribution in [0.15, 0.2) is 30.7 Å². The minimum Gasteiger partial charge on any atom is -0.364 e. The number of hydrogen-bond acceptors (Lipinski definition) is 5. The second-order valence-electron chi connectivity index (χ2n) is 7.48. The predicted molar refractivity (Wildman–Crippen MR) is 103 cm³/mol. The van der Waals surface area contributed by atoms with Gasteiger partial charge in [0.25, 0.3) is 5.91 Å². The molecule has 0 spiro atoms. The zero-order chi connectivity index (χ0) is 19.4. The summed E-state index contributed by atoms with van der Waals surface area (Å²) in [4.78, 5) is 25.6. The smallest absolute Gasteiger partial charge is 0.265 e. The third-order valence-electron chi connectivity index (χ3n) is 6.01. The SMILES string of the molecule is NC(=O)c1cc2cnccc2n1CCC1C2CN(c3nc(Cl)ncc3F)CC12. The van der Waals surface area contributed by atoms with Crippen molar-refractivity contribution in [3.05, 3.63) is 47.5 Å². The molecule has 1 aliphatic carbocycles. The number of amides is 1. The molecule has 2 aliphatic rings. The van der Waals surface area contributed by atoms with Crippen LogP contribution in [-0.2, 0) is 6.54 Å². The second kappa shape index (κ2) is 6.41. The summed E-state index contributed by atoms with van der Waals surface area (Å²) in [6.45, 7) is 2.24. The van der Waals surface area contributed by atoms with Crippen LogP contribution >= 0.6 is 11.6 Å². The Hall–Kier alpha value is -2.74. The minimum absolute atomic E-state index is 0.0569. The standard InChI is InChI=1S/C19H18ClFN6O/c20-19-24-7-14(21)18(25-19)26-8-12-11(13(12)9-26)2-4-27-15-1-3-23-6-10(15)5-16(27)17(22)28/h1,3,5-7,11-13H,2,4,8-9H2,(H2,22,28). The zero-order valence-corrected chi connectivity index (χ0v) is 15.7.